The van der Waals surface area contributed by atoms with Gasteiger partial charge in [-0.05, 0) is 24.8 Å². The molecule has 88 valence electrons. The molecule has 0 spiro atoms. The average Bonchev–Trinajstić information content (AvgIpc) is 2.78. The highest BCUT2D eigenvalue weighted by atomic mass is 16.3. The molecule has 1 aliphatic heterocycles. The number of aromatic nitrogens is 1. The number of aliphatic hydroxyl groups is 1. The summed E-state index contributed by atoms with van der Waals surface area (Å²) in [5.74, 6) is 1.78. The summed E-state index contributed by atoms with van der Waals surface area (Å²) in [5, 5.41) is 9.28. The summed E-state index contributed by atoms with van der Waals surface area (Å²) >= 11 is 0. The van der Waals surface area contributed by atoms with Gasteiger partial charge in [-0.1, -0.05) is 19.4 Å². The van der Waals surface area contributed by atoms with E-state index in [1.165, 1.54) is 19.3 Å². The van der Waals surface area contributed by atoms with Gasteiger partial charge in [0.15, 0.2) is 0 Å². The second kappa shape index (κ2) is 5.30. The minimum Gasteiger partial charge on any atom is -0.392 e. The van der Waals surface area contributed by atoms with Gasteiger partial charge in [-0.15, -0.1) is 0 Å². The predicted molar refractivity (Wildman–Crippen MR) is 65.4 cm³/mol. The largest absolute Gasteiger partial charge is 0.392 e. The second-order valence-electron chi connectivity index (χ2n) is 4.53. The molecule has 1 fully saturated rings. The SMILES string of the molecule is CCCC1CCN(c2ncccc2CO)C1. The van der Waals surface area contributed by atoms with Gasteiger partial charge in [-0.3, -0.25) is 0 Å². The topological polar surface area (TPSA) is 36.4 Å². The molecule has 0 aromatic carbocycles. The molecule has 1 aromatic heterocycles. The first kappa shape index (κ1) is 11.4. The van der Waals surface area contributed by atoms with E-state index in [0.29, 0.717) is 0 Å². The summed E-state index contributed by atoms with van der Waals surface area (Å²) in [7, 11) is 0. The third-order valence-corrected chi connectivity index (χ3v) is 3.32. The van der Waals surface area contributed by atoms with Crippen molar-refractivity contribution >= 4 is 5.82 Å². The maximum atomic E-state index is 9.28. The normalized spacial score (nSPS) is 20.4. The molecule has 2 heterocycles. The molecule has 1 saturated heterocycles. The van der Waals surface area contributed by atoms with Crippen LogP contribution in [-0.4, -0.2) is 23.2 Å². The maximum Gasteiger partial charge on any atom is 0.134 e. The Hall–Kier alpha value is -1.09. The number of hydrogen-bond donors (Lipinski definition) is 1. The Morgan fingerprint density at radius 3 is 3.19 bits per heavy atom. The van der Waals surface area contributed by atoms with Crippen molar-refractivity contribution in [3.63, 3.8) is 0 Å². The van der Waals surface area contributed by atoms with Crippen LogP contribution in [0, 0.1) is 5.92 Å². The van der Waals surface area contributed by atoms with Crippen molar-refractivity contribution in [3.8, 4) is 0 Å². The van der Waals surface area contributed by atoms with Gasteiger partial charge >= 0.3 is 0 Å². The van der Waals surface area contributed by atoms with Crippen LogP contribution in [0.15, 0.2) is 18.3 Å². The molecule has 1 unspecified atom stereocenters. The summed E-state index contributed by atoms with van der Waals surface area (Å²) in [5.41, 5.74) is 0.944. The first-order valence-corrected chi connectivity index (χ1v) is 6.14. The zero-order chi connectivity index (χ0) is 11.4. The van der Waals surface area contributed by atoms with Gasteiger partial charge < -0.3 is 10.0 Å². The van der Waals surface area contributed by atoms with Gasteiger partial charge in [-0.2, -0.15) is 0 Å². The summed E-state index contributed by atoms with van der Waals surface area (Å²) in [6.45, 7) is 4.49. The van der Waals surface area contributed by atoms with Crippen LogP contribution < -0.4 is 4.90 Å². The lowest BCUT2D eigenvalue weighted by Gasteiger charge is -2.19. The smallest absolute Gasteiger partial charge is 0.134 e. The molecule has 2 rings (SSSR count). The van der Waals surface area contributed by atoms with E-state index < -0.39 is 0 Å². The van der Waals surface area contributed by atoms with Crippen LogP contribution in [0.3, 0.4) is 0 Å². The first-order valence-electron chi connectivity index (χ1n) is 6.14. The lowest BCUT2D eigenvalue weighted by molar-refractivity contribution is 0.281. The van der Waals surface area contributed by atoms with E-state index in [1.54, 1.807) is 0 Å². The van der Waals surface area contributed by atoms with E-state index in [1.807, 2.05) is 18.3 Å². The average molecular weight is 220 g/mol. The molecule has 1 N–H and O–H groups in total. The van der Waals surface area contributed by atoms with Crippen molar-refractivity contribution in [2.45, 2.75) is 32.8 Å². The molecule has 0 aliphatic carbocycles. The number of nitrogens with zero attached hydrogens (tertiary/aromatic N) is 2. The lowest BCUT2D eigenvalue weighted by atomic mass is 10.0. The molecular formula is C13H20N2O. The summed E-state index contributed by atoms with van der Waals surface area (Å²) in [6, 6.07) is 3.84. The minimum atomic E-state index is 0.0815. The molecule has 1 aliphatic rings. The zero-order valence-electron chi connectivity index (χ0n) is 9.89. The van der Waals surface area contributed by atoms with Crippen LogP contribution in [0.25, 0.3) is 0 Å². The summed E-state index contributed by atoms with van der Waals surface area (Å²) in [4.78, 5) is 6.70. The van der Waals surface area contributed by atoms with E-state index in [9.17, 15) is 5.11 Å². The van der Waals surface area contributed by atoms with Gasteiger partial charge in [0.1, 0.15) is 5.82 Å². The van der Waals surface area contributed by atoms with Gasteiger partial charge in [0.05, 0.1) is 6.61 Å². The van der Waals surface area contributed by atoms with Crippen molar-refractivity contribution < 1.29 is 5.11 Å². The van der Waals surface area contributed by atoms with Gasteiger partial charge in [-0.25, -0.2) is 4.98 Å². The van der Waals surface area contributed by atoms with Gasteiger partial charge in [0.2, 0.25) is 0 Å². The fraction of sp³-hybridized carbons (Fsp3) is 0.615. The van der Waals surface area contributed by atoms with Crippen LogP contribution in [-0.2, 0) is 6.61 Å². The molecule has 3 nitrogen and oxygen atoms in total. The van der Waals surface area contributed by atoms with E-state index in [-0.39, 0.29) is 6.61 Å². The molecule has 0 radical (unpaired) electrons. The van der Waals surface area contributed by atoms with Crippen LogP contribution in [0.1, 0.15) is 31.7 Å². The summed E-state index contributed by atoms with van der Waals surface area (Å²) < 4.78 is 0. The fourth-order valence-corrected chi connectivity index (χ4v) is 2.51. The quantitative estimate of drug-likeness (QED) is 0.845. The van der Waals surface area contributed by atoms with Crippen molar-refractivity contribution in [1.29, 1.82) is 0 Å². The first-order chi connectivity index (χ1) is 7.85. The Labute approximate surface area is 97.1 Å². The Bertz CT molecular complexity index is 340. The highest BCUT2D eigenvalue weighted by Gasteiger charge is 2.23. The third kappa shape index (κ3) is 2.35. The molecule has 0 saturated carbocycles. The molecule has 1 aromatic rings. The standard InChI is InChI=1S/C13H20N2O/c1-2-4-11-6-8-15(9-11)13-12(10-16)5-3-7-14-13/h3,5,7,11,16H,2,4,6,8-10H2,1H3. The number of anilines is 1. The number of aliphatic hydroxyl groups excluding tert-OH is 1. The molecule has 3 heteroatoms. The Balaban J connectivity index is 2.08. The molecule has 0 amide bonds. The van der Waals surface area contributed by atoms with Crippen molar-refractivity contribution in [3.05, 3.63) is 23.9 Å². The predicted octanol–water partition coefficient (Wildman–Crippen LogP) is 2.20. The molecule has 16 heavy (non-hydrogen) atoms. The van der Waals surface area contributed by atoms with E-state index in [0.717, 1.165) is 30.4 Å². The van der Waals surface area contributed by atoms with Gasteiger partial charge in [0, 0.05) is 24.8 Å². The zero-order valence-corrected chi connectivity index (χ0v) is 9.89. The van der Waals surface area contributed by atoms with Gasteiger partial charge in [0.25, 0.3) is 0 Å². The van der Waals surface area contributed by atoms with Crippen LogP contribution >= 0.6 is 0 Å². The highest BCUT2D eigenvalue weighted by Crippen LogP contribution is 2.27. The fourth-order valence-electron chi connectivity index (χ4n) is 2.51. The maximum absolute atomic E-state index is 9.28. The molecular weight excluding hydrogens is 200 g/mol. The molecule has 0 bridgehead atoms. The van der Waals surface area contributed by atoms with Crippen molar-refractivity contribution in [2.24, 2.45) is 5.92 Å². The lowest BCUT2D eigenvalue weighted by Crippen LogP contribution is -2.22. The monoisotopic (exact) mass is 220 g/mol. The Morgan fingerprint density at radius 2 is 2.44 bits per heavy atom. The summed E-state index contributed by atoms with van der Waals surface area (Å²) in [6.07, 6.45) is 5.63. The van der Waals surface area contributed by atoms with Crippen LogP contribution in [0.2, 0.25) is 0 Å². The van der Waals surface area contributed by atoms with Crippen molar-refractivity contribution in [2.75, 3.05) is 18.0 Å². The Morgan fingerprint density at radius 1 is 1.56 bits per heavy atom. The van der Waals surface area contributed by atoms with E-state index >= 15 is 0 Å². The minimum absolute atomic E-state index is 0.0815. The van der Waals surface area contributed by atoms with Crippen LogP contribution in [0.5, 0.6) is 0 Å². The second-order valence-corrected chi connectivity index (χ2v) is 4.53. The molecule has 1 atom stereocenters. The van der Waals surface area contributed by atoms with E-state index in [4.69, 9.17) is 0 Å². The van der Waals surface area contributed by atoms with Crippen LogP contribution in [0.4, 0.5) is 5.82 Å². The van der Waals surface area contributed by atoms with Crippen molar-refractivity contribution in [1.82, 2.24) is 4.98 Å². The number of hydrogen-bond acceptors (Lipinski definition) is 3. The van der Waals surface area contributed by atoms with E-state index in [2.05, 4.69) is 16.8 Å². The Kier molecular flexibility index (Phi) is 3.78. The number of pyridine rings is 1. The highest BCUT2D eigenvalue weighted by molar-refractivity contribution is 5.47. The number of rotatable bonds is 4. The third-order valence-electron chi connectivity index (χ3n) is 3.32.